The molecule has 0 heterocycles. The Morgan fingerprint density at radius 3 is 2.33 bits per heavy atom. The van der Waals surface area contributed by atoms with Crippen LogP contribution in [-0.4, -0.2) is 29.6 Å². The summed E-state index contributed by atoms with van der Waals surface area (Å²) in [4.78, 5) is 32.6. The minimum absolute atomic E-state index is 0.325. The van der Waals surface area contributed by atoms with E-state index in [-0.39, 0.29) is 6.54 Å². The highest BCUT2D eigenvalue weighted by Crippen LogP contribution is 2.11. The van der Waals surface area contributed by atoms with Crippen LogP contribution in [0, 0.1) is 0 Å². The molecule has 0 aliphatic heterocycles. The van der Waals surface area contributed by atoms with Crippen LogP contribution >= 0.6 is 0 Å². The van der Waals surface area contributed by atoms with Crippen molar-refractivity contribution < 1.29 is 19.5 Å². The number of carbonyl (C=O) groups excluding carboxylic acids is 2. The summed E-state index contributed by atoms with van der Waals surface area (Å²) >= 11 is 0. The second kappa shape index (κ2) is 6.36. The Kier molecular flexibility index (Phi) is 4.82. The maximum atomic E-state index is 11.1. The second-order valence-electron chi connectivity index (χ2n) is 3.48. The van der Waals surface area contributed by atoms with Crippen LogP contribution < -0.4 is 16.4 Å². The molecule has 3 amide bonds. The van der Waals surface area contributed by atoms with Crippen molar-refractivity contribution in [1.29, 1.82) is 0 Å². The number of hydrogen-bond donors (Lipinski definition) is 4. The lowest BCUT2D eigenvalue weighted by Gasteiger charge is -2.14. The molecular formula is C11H13N3O4. The van der Waals surface area contributed by atoms with E-state index in [1.165, 1.54) is 0 Å². The molecule has 0 radical (unpaired) electrons. The molecule has 0 saturated heterocycles. The van der Waals surface area contributed by atoms with Crippen molar-refractivity contribution in [2.45, 2.75) is 6.04 Å². The number of aliphatic carboxylic acids is 1. The highest BCUT2D eigenvalue weighted by Gasteiger charge is 2.19. The number of carboxylic acids is 1. The van der Waals surface area contributed by atoms with Gasteiger partial charge < -0.3 is 10.8 Å². The molecule has 96 valence electrons. The highest BCUT2D eigenvalue weighted by molar-refractivity contribution is 5.94. The van der Waals surface area contributed by atoms with Gasteiger partial charge in [-0.05, 0) is 5.56 Å². The fourth-order valence-corrected chi connectivity index (χ4v) is 1.37. The summed E-state index contributed by atoms with van der Waals surface area (Å²) in [6.45, 7) is -0.325. The van der Waals surface area contributed by atoms with E-state index in [2.05, 4.69) is 5.32 Å². The number of carbonyl (C=O) groups is 3. The van der Waals surface area contributed by atoms with E-state index in [0.29, 0.717) is 5.56 Å². The standard InChI is InChI=1S/C11H13N3O4/c12-11(18)14-8(15)6-13-9(10(16)17)7-4-2-1-3-5-7/h1-5,9,13H,6H2,(H,16,17)(H3,12,14,15,18). The van der Waals surface area contributed by atoms with Gasteiger partial charge in [0.25, 0.3) is 0 Å². The molecular weight excluding hydrogens is 238 g/mol. The van der Waals surface area contributed by atoms with Gasteiger partial charge in [0.15, 0.2) is 0 Å². The predicted molar refractivity (Wildman–Crippen MR) is 62.5 cm³/mol. The van der Waals surface area contributed by atoms with Gasteiger partial charge in [-0.15, -0.1) is 0 Å². The number of primary amides is 1. The van der Waals surface area contributed by atoms with E-state index in [4.69, 9.17) is 10.8 Å². The van der Waals surface area contributed by atoms with Crippen LogP contribution in [0.2, 0.25) is 0 Å². The lowest BCUT2D eigenvalue weighted by molar-refractivity contribution is -0.139. The number of hydrogen-bond acceptors (Lipinski definition) is 4. The predicted octanol–water partition coefficient (Wildman–Crippen LogP) is -0.403. The van der Waals surface area contributed by atoms with Gasteiger partial charge in [-0.3, -0.25) is 20.2 Å². The van der Waals surface area contributed by atoms with Gasteiger partial charge in [0, 0.05) is 0 Å². The number of nitrogens with two attached hydrogens (primary N) is 1. The molecule has 0 aliphatic rings. The number of carboxylic acid groups (broad SMARTS) is 1. The Morgan fingerprint density at radius 2 is 1.83 bits per heavy atom. The zero-order valence-corrected chi connectivity index (χ0v) is 9.42. The number of imide groups is 1. The molecule has 0 fully saturated rings. The minimum atomic E-state index is -1.12. The van der Waals surface area contributed by atoms with Crippen LogP contribution in [0.15, 0.2) is 30.3 Å². The van der Waals surface area contributed by atoms with Crippen LogP contribution in [0.3, 0.4) is 0 Å². The first-order valence-electron chi connectivity index (χ1n) is 5.11. The molecule has 5 N–H and O–H groups in total. The fourth-order valence-electron chi connectivity index (χ4n) is 1.37. The van der Waals surface area contributed by atoms with Crippen LogP contribution in [-0.2, 0) is 9.59 Å². The van der Waals surface area contributed by atoms with E-state index >= 15 is 0 Å². The molecule has 0 aliphatic carbocycles. The first-order chi connectivity index (χ1) is 8.50. The Bertz CT molecular complexity index is 447. The Balaban J connectivity index is 2.63. The third-order valence-electron chi connectivity index (χ3n) is 2.11. The number of urea groups is 1. The molecule has 18 heavy (non-hydrogen) atoms. The van der Waals surface area contributed by atoms with Crippen molar-refractivity contribution >= 4 is 17.9 Å². The van der Waals surface area contributed by atoms with Crippen molar-refractivity contribution in [3.63, 3.8) is 0 Å². The van der Waals surface area contributed by atoms with Gasteiger partial charge >= 0.3 is 12.0 Å². The summed E-state index contributed by atoms with van der Waals surface area (Å²) in [5.41, 5.74) is 5.27. The van der Waals surface area contributed by atoms with Crippen LogP contribution in [0.1, 0.15) is 11.6 Å². The monoisotopic (exact) mass is 251 g/mol. The summed E-state index contributed by atoms with van der Waals surface area (Å²) < 4.78 is 0. The number of nitrogens with one attached hydrogen (secondary N) is 2. The lowest BCUT2D eigenvalue weighted by atomic mass is 10.1. The van der Waals surface area contributed by atoms with Gasteiger partial charge in [-0.25, -0.2) is 4.79 Å². The van der Waals surface area contributed by atoms with Gasteiger partial charge in [0.05, 0.1) is 6.54 Å². The maximum Gasteiger partial charge on any atom is 0.325 e. The van der Waals surface area contributed by atoms with Gasteiger partial charge in [0.1, 0.15) is 6.04 Å². The summed E-state index contributed by atoms with van der Waals surface area (Å²) in [6.07, 6.45) is 0. The average Bonchev–Trinajstić information content (AvgIpc) is 2.29. The molecule has 1 unspecified atom stereocenters. The van der Waals surface area contributed by atoms with Crippen LogP contribution in [0.25, 0.3) is 0 Å². The number of amides is 3. The average molecular weight is 251 g/mol. The van der Waals surface area contributed by atoms with E-state index in [9.17, 15) is 14.4 Å². The Morgan fingerprint density at radius 1 is 1.22 bits per heavy atom. The fraction of sp³-hybridized carbons (Fsp3) is 0.182. The zero-order valence-electron chi connectivity index (χ0n) is 9.42. The topological polar surface area (TPSA) is 122 Å². The first-order valence-corrected chi connectivity index (χ1v) is 5.11. The molecule has 0 aromatic heterocycles. The SMILES string of the molecule is NC(=O)NC(=O)CNC(C(=O)O)c1ccccc1. The molecule has 0 spiro atoms. The largest absolute Gasteiger partial charge is 0.480 e. The second-order valence-corrected chi connectivity index (χ2v) is 3.48. The highest BCUT2D eigenvalue weighted by atomic mass is 16.4. The van der Waals surface area contributed by atoms with Gasteiger partial charge in [-0.2, -0.15) is 0 Å². The summed E-state index contributed by atoms with van der Waals surface area (Å²) in [5.74, 6) is -1.81. The lowest BCUT2D eigenvalue weighted by Crippen LogP contribution is -2.42. The molecule has 0 bridgehead atoms. The summed E-state index contributed by atoms with van der Waals surface area (Å²) in [6, 6.07) is 6.38. The van der Waals surface area contributed by atoms with Crippen LogP contribution in [0.4, 0.5) is 4.79 Å². The van der Waals surface area contributed by atoms with Crippen molar-refractivity contribution in [2.24, 2.45) is 5.73 Å². The van der Waals surface area contributed by atoms with E-state index in [0.717, 1.165) is 0 Å². The summed E-state index contributed by atoms with van der Waals surface area (Å²) in [7, 11) is 0. The molecule has 7 nitrogen and oxygen atoms in total. The van der Waals surface area contributed by atoms with Crippen molar-refractivity contribution in [3.05, 3.63) is 35.9 Å². The number of rotatable bonds is 5. The molecule has 1 rings (SSSR count). The molecule has 1 aromatic rings. The molecule has 1 aromatic carbocycles. The van der Waals surface area contributed by atoms with E-state index in [1.54, 1.807) is 30.3 Å². The molecule has 7 heteroatoms. The van der Waals surface area contributed by atoms with Crippen LogP contribution in [0.5, 0.6) is 0 Å². The van der Waals surface area contributed by atoms with Crippen molar-refractivity contribution in [1.82, 2.24) is 10.6 Å². The van der Waals surface area contributed by atoms with Gasteiger partial charge in [0.2, 0.25) is 5.91 Å². The van der Waals surface area contributed by atoms with Gasteiger partial charge in [-0.1, -0.05) is 30.3 Å². The smallest absolute Gasteiger partial charge is 0.325 e. The third-order valence-corrected chi connectivity index (χ3v) is 2.11. The third kappa shape index (κ3) is 4.22. The number of benzene rings is 1. The molecule has 0 saturated carbocycles. The zero-order chi connectivity index (χ0) is 13.5. The maximum absolute atomic E-state index is 11.1. The van der Waals surface area contributed by atoms with E-state index in [1.807, 2.05) is 5.32 Å². The van der Waals surface area contributed by atoms with Crippen molar-refractivity contribution in [2.75, 3.05) is 6.54 Å². The molecule has 1 atom stereocenters. The minimum Gasteiger partial charge on any atom is -0.480 e. The first kappa shape index (κ1) is 13.7. The summed E-state index contributed by atoms with van der Waals surface area (Å²) in [5, 5.41) is 13.4. The normalized spacial score (nSPS) is 11.6. The quantitative estimate of drug-likeness (QED) is 0.567. The Labute approximate surface area is 103 Å². The Hall–Kier alpha value is -2.41. The van der Waals surface area contributed by atoms with E-state index < -0.39 is 23.9 Å². The van der Waals surface area contributed by atoms with Crippen molar-refractivity contribution in [3.8, 4) is 0 Å².